The lowest BCUT2D eigenvalue weighted by molar-refractivity contribution is -0.121. The van der Waals surface area contributed by atoms with Crippen LogP contribution in [0.3, 0.4) is 0 Å². The minimum absolute atomic E-state index is 0. The van der Waals surface area contributed by atoms with E-state index in [4.69, 9.17) is 0 Å². The Balaban J connectivity index is 0.00000400. The quantitative estimate of drug-likeness (QED) is 0.637. The molecule has 0 bridgehead atoms. The first kappa shape index (κ1) is 19.4. The van der Waals surface area contributed by atoms with Gasteiger partial charge in [0.2, 0.25) is 5.91 Å². The summed E-state index contributed by atoms with van der Waals surface area (Å²) in [4.78, 5) is 23.3. The van der Waals surface area contributed by atoms with Gasteiger partial charge in [-0.15, -0.1) is 12.4 Å². The topological polar surface area (TPSA) is 70.2 Å². The predicted octanol–water partition coefficient (Wildman–Crippen LogP) is 1.47. The number of benzene rings is 1. The average molecular weight is 314 g/mol. The highest BCUT2D eigenvalue weighted by molar-refractivity contribution is 5.94. The summed E-state index contributed by atoms with van der Waals surface area (Å²) in [6, 6.07) is 7.30. The Labute approximate surface area is 132 Å². The van der Waals surface area contributed by atoms with Crippen molar-refractivity contribution in [2.24, 2.45) is 0 Å². The number of hydrogen-bond acceptors (Lipinski definition) is 3. The smallest absolute Gasteiger partial charge is 0.251 e. The molecule has 1 aromatic carbocycles. The molecule has 1 aromatic rings. The summed E-state index contributed by atoms with van der Waals surface area (Å²) < 4.78 is 0. The number of carbonyl (C=O) groups is 2. The third-order valence-electron chi connectivity index (χ3n) is 2.85. The molecule has 0 saturated carbocycles. The van der Waals surface area contributed by atoms with Crippen molar-refractivity contribution in [2.45, 2.75) is 26.3 Å². The van der Waals surface area contributed by atoms with E-state index in [2.05, 4.69) is 16.0 Å². The van der Waals surface area contributed by atoms with Gasteiger partial charge < -0.3 is 16.0 Å². The second-order valence-corrected chi connectivity index (χ2v) is 4.54. The van der Waals surface area contributed by atoms with Crippen molar-refractivity contribution in [1.29, 1.82) is 0 Å². The van der Waals surface area contributed by atoms with E-state index in [1.54, 1.807) is 12.1 Å². The molecule has 2 amide bonds. The number of halogens is 1. The van der Waals surface area contributed by atoms with Crippen LogP contribution in [0.2, 0.25) is 0 Å². The number of hydrogen-bond donors (Lipinski definition) is 3. The van der Waals surface area contributed by atoms with E-state index in [0.717, 1.165) is 18.5 Å². The van der Waals surface area contributed by atoms with E-state index in [1.165, 1.54) is 0 Å². The fourth-order valence-electron chi connectivity index (χ4n) is 1.80. The zero-order valence-electron chi connectivity index (χ0n) is 12.6. The van der Waals surface area contributed by atoms with Crippen molar-refractivity contribution in [1.82, 2.24) is 16.0 Å². The zero-order valence-corrected chi connectivity index (χ0v) is 13.4. The van der Waals surface area contributed by atoms with Crippen LogP contribution in [0.4, 0.5) is 0 Å². The van der Waals surface area contributed by atoms with Crippen molar-refractivity contribution >= 4 is 24.2 Å². The molecule has 0 unspecified atom stereocenters. The second-order valence-electron chi connectivity index (χ2n) is 4.54. The number of carbonyl (C=O) groups excluding carboxylic acids is 2. The van der Waals surface area contributed by atoms with Gasteiger partial charge in [0, 0.05) is 25.1 Å². The van der Waals surface area contributed by atoms with Gasteiger partial charge >= 0.3 is 0 Å². The molecule has 0 spiro atoms. The minimum Gasteiger partial charge on any atom is -0.352 e. The lowest BCUT2D eigenvalue weighted by Gasteiger charge is -2.07. The van der Waals surface area contributed by atoms with E-state index >= 15 is 0 Å². The van der Waals surface area contributed by atoms with Gasteiger partial charge in [-0.25, -0.2) is 0 Å². The summed E-state index contributed by atoms with van der Waals surface area (Å²) >= 11 is 0. The summed E-state index contributed by atoms with van der Waals surface area (Å²) in [5.41, 5.74) is 1.55. The van der Waals surface area contributed by atoms with Gasteiger partial charge in [0.15, 0.2) is 0 Å². The van der Waals surface area contributed by atoms with Crippen LogP contribution in [0.15, 0.2) is 24.3 Å². The molecule has 1 rings (SSSR count). The molecule has 0 atom stereocenters. The average Bonchev–Trinajstić information content (AvgIpc) is 2.46. The first-order valence-electron chi connectivity index (χ1n) is 6.95. The minimum atomic E-state index is -0.0882. The van der Waals surface area contributed by atoms with Crippen LogP contribution in [0.1, 0.15) is 35.7 Å². The molecular weight excluding hydrogens is 290 g/mol. The number of amides is 2. The van der Waals surface area contributed by atoms with Gasteiger partial charge in [0.05, 0.1) is 0 Å². The molecule has 0 radical (unpaired) electrons. The molecule has 0 saturated heterocycles. The van der Waals surface area contributed by atoms with Crippen molar-refractivity contribution < 1.29 is 9.59 Å². The maximum atomic E-state index is 11.7. The first-order valence-corrected chi connectivity index (χ1v) is 6.95. The van der Waals surface area contributed by atoms with Crippen LogP contribution in [0.5, 0.6) is 0 Å². The predicted molar refractivity (Wildman–Crippen MR) is 86.7 cm³/mol. The molecule has 0 heterocycles. The van der Waals surface area contributed by atoms with Crippen LogP contribution in [-0.2, 0) is 11.3 Å². The Bertz CT molecular complexity index is 452. The lowest BCUT2D eigenvalue weighted by Crippen LogP contribution is -2.25. The molecule has 3 N–H and O–H groups in total. The summed E-state index contributed by atoms with van der Waals surface area (Å²) in [6.07, 6.45) is 1.33. The monoisotopic (exact) mass is 313 g/mol. The molecule has 21 heavy (non-hydrogen) atoms. The summed E-state index contributed by atoms with van der Waals surface area (Å²) in [7, 11) is 1.87. The number of nitrogens with one attached hydrogen (secondary N) is 3. The standard InChI is InChI=1S/C15H23N3O2.ClH/c1-3-17-15(20)13-7-4-6-12(10-13)11-18-14(19)8-5-9-16-2;/h4,6-7,10,16H,3,5,8-9,11H2,1-2H3,(H,17,20)(H,18,19);1H. The maximum absolute atomic E-state index is 11.7. The van der Waals surface area contributed by atoms with Crippen LogP contribution in [-0.4, -0.2) is 32.0 Å². The fourth-order valence-corrected chi connectivity index (χ4v) is 1.80. The summed E-state index contributed by atoms with van der Waals surface area (Å²) in [5.74, 6) is -0.0571. The SMILES string of the molecule is CCNC(=O)c1cccc(CNC(=O)CCCNC)c1.Cl. The molecule has 118 valence electrons. The molecule has 0 fully saturated rings. The molecule has 0 aliphatic heterocycles. The highest BCUT2D eigenvalue weighted by atomic mass is 35.5. The highest BCUT2D eigenvalue weighted by Gasteiger charge is 2.05. The van der Waals surface area contributed by atoms with E-state index in [9.17, 15) is 9.59 Å². The zero-order chi connectivity index (χ0) is 14.8. The molecule has 6 heteroatoms. The van der Waals surface area contributed by atoms with Gasteiger partial charge in [0.25, 0.3) is 5.91 Å². The molecule has 0 aliphatic rings. The van der Waals surface area contributed by atoms with Crippen LogP contribution < -0.4 is 16.0 Å². The Morgan fingerprint density at radius 1 is 1.19 bits per heavy atom. The Kier molecular flexibility index (Phi) is 10.3. The lowest BCUT2D eigenvalue weighted by atomic mass is 10.1. The summed E-state index contributed by atoms with van der Waals surface area (Å²) in [5, 5.41) is 8.62. The van der Waals surface area contributed by atoms with Gasteiger partial charge in [0.1, 0.15) is 0 Å². The van der Waals surface area contributed by atoms with Gasteiger partial charge in [-0.2, -0.15) is 0 Å². The van der Waals surface area contributed by atoms with Gasteiger partial charge in [-0.3, -0.25) is 9.59 Å². The maximum Gasteiger partial charge on any atom is 0.251 e. The normalized spacial score (nSPS) is 9.62. The number of rotatable bonds is 8. The van der Waals surface area contributed by atoms with Crippen molar-refractivity contribution in [2.75, 3.05) is 20.1 Å². The Morgan fingerprint density at radius 3 is 2.62 bits per heavy atom. The summed E-state index contributed by atoms with van der Waals surface area (Å²) in [6.45, 7) is 3.77. The third kappa shape index (κ3) is 7.68. The van der Waals surface area contributed by atoms with Crippen molar-refractivity contribution in [3.63, 3.8) is 0 Å². The Morgan fingerprint density at radius 2 is 1.95 bits per heavy atom. The fraction of sp³-hybridized carbons (Fsp3) is 0.467. The molecular formula is C15H24ClN3O2. The molecule has 0 aromatic heterocycles. The second kappa shape index (κ2) is 11.1. The van der Waals surface area contributed by atoms with Crippen LogP contribution in [0, 0.1) is 0 Å². The molecule has 0 aliphatic carbocycles. The largest absolute Gasteiger partial charge is 0.352 e. The Hall–Kier alpha value is -1.59. The van der Waals surface area contributed by atoms with Crippen LogP contribution >= 0.6 is 12.4 Å². The first-order chi connectivity index (χ1) is 9.67. The third-order valence-corrected chi connectivity index (χ3v) is 2.85. The van der Waals surface area contributed by atoms with Crippen molar-refractivity contribution in [3.05, 3.63) is 35.4 Å². The van der Waals surface area contributed by atoms with Gasteiger partial charge in [-0.05, 0) is 44.6 Å². The van der Waals surface area contributed by atoms with E-state index in [-0.39, 0.29) is 24.2 Å². The van der Waals surface area contributed by atoms with Crippen LogP contribution in [0.25, 0.3) is 0 Å². The molecule has 5 nitrogen and oxygen atoms in total. The van der Waals surface area contributed by atoms with Crippen molar-refractivity contribution in [3.8, 4) is 0 Å². The van der Waals surface area contributed by atoms with E-state index in [1.807, 2.05) is 26.1 Å². The highest BCUT2D eigenvalue weighted by Crippen LogP contribution is 2.05. The van der Waals surface area contributed by atoms with E-state index < -0.39 is 0 Å². The van der Waals surface area contributed by atoms with E-state index in [0.29, 0.717) is 25.1 Å². The van der Waals surface area contributed by atoms with Gasteiger partial charge in [-0.1, -0.05) is 12.1 Å².